The normalized spacial score (nSPS) is 17.5. The van der Waals surface area contributed by atoms with E-state index in [-0.39, 0.29) is 5.82 Å². The fourth-order valence-electron chi connectivity index (χ4n) is 4.49. The number of nitrogens with one attached hydrogen (secondary N) is 2. The Kier molecular flexibility index (Phi) is 6.34. The second kappa shape index (κ2) is 9.36. The van der Waals surface area contributed by atoms with Crippen LogP contribution in [0.4, 0.5) is 21.6 Å². The van der Waals surface area contributed by atoms with Crippen LogP contribution in [0, 0.1) is 5.82 Å². The standard InChI is InChI=1S/C21H25BrClFN8/c22-19-17-20(29-28-19)26-13-27-21(17)32-9-7-31(8-10-32)16-12-14(24)11-15(18(16)23)25-3-6-30-4-1-2-5-30/h11-13,25H,1-10H2,(H,26,27,28,29). The van der Waals surface area contributed by atoms with Crippen LogP contribution in [0.2, 0.25) is 5.02 Å². The summed E-state index contributed by atoms with van der Waals surface area (Å²) < 4.78 is 15.2. The molecule has 2 saturated heterocycles. The van der Waals surface area contributed by atoms with E-state index in [2.05, 4.69) is 56.1 Å². The third-order valence-corrected chi connectivity index (χ3v) is 7.14. The number of benzene rings is 1. The quantitative estimate of drug-likeness (QED) is 0.510. The third kappa shape index (κ3) is 4.35. The molecule has 8 nitrogen and oxygen atoms in total. The van der Waals surface area contributed by atoms with Gasteiger partial charge in [-0.1, -0.05) is 11.6 Å². The summed E-state index contributed by atoms with van der Waals surface area (Å²) in [6.07, 6.45) is 4.05. The lowest BCUT2D eigenvalue weighted by Crippen LogP contribution is -2.47. The fourth-order valence-corrected chi connectivity index (χ4v) is 5.23. The molecule has 3 aromatic rings. The number of H-pyrrole nitrogens is 1. The van der Waals surface area contributed by atoms with Gasteiger partial charge in [-0.15, -0.1) is 0 Å². The summed E-state index contributed by atoms with van der Waals surface area (Å²) in [5, 5.41) is 11.9. The summed E-state index contributed by atoms with van der Waals surface area (Å²) in [5.74, 6) is 0.556. The third-order valence-electron chi connectivity index (χ3n) is 6.17. The average molecular weight is 524 g/mol. The van der Waals surface area contributed by atoms with Gasteiger partial charge >= 0.3 is 0 Å². The van der Waals surface area contributed by atoms with E-state index >= 15 is 0 Å². The molecule has 2 N–H and O–H groups in total. The van der Waals surface area contributed by atoms with Gasteiger partial charge in [-0.3, -0.25) is 5.10 Å². The summed E-state index contributed by atoms with van der Waals surface area (Å²) in [7, 11) is 0. The maximum Gasteiger partial charge on any atom is 0.187 e. The average Bonchev–Trinajstić information content (AvgIpc) is 3.46. The Labute approximate surface area is 199 Å². The molecule has 2 aliphatic rings. The number of aromatic amines is 1. The first-order chi connectivity index (χ1) is 15.6. The van der Waals surface area contributed by atoms with Gasteiger partial charge in [-0.2, -0.15) is 5.10 Å². The highest BCUT2D eigenvalue weighted by Gasteiger charge is 2.24. The molecule has 0 saturated carbocycles. The van der Waals surface area contributed by atoms with Crippen LogP contribution < -0.4 is 15.1 Å². The number of fused-ring (bicyclic) bond motifs is 1. The first-order valence-corrected chi connectivity index (χ1v) is 12.1. The molecule has 0 unspecified atom stereocenters. The van der Waals surface area contributed by atoms with Crippen molar-refractivity contribution in [2.75, 3.05) is 67.5 Å². The van der Waals surface area contributed by atoms with Gasteiger partial charge in [-0.05, 0) is 54.0 Å². The lowest BCUT2D eigenvalue weighted by Gasteiger charge is -2.37. The minimum Gasteiger partial charge on any atom is -0.382 e. The van der Waals surface area contributed by atoms with Crippen LogP contribution in [0.25, 0.3) is 11.0 Å². The molecule has 0 amide bonds. The monoisotopic (exact) mass is 522 g/mol. The van der Waals surface area contributed by atoms with Gasteiger partial charge < -0.3 is 20.0 Å². The van der Waals surface area contributed by atoms with Crippen molar-refractivity contribution in [2.45, 2.75) is 12.8 Å². The fraction of sp³-hybridized carbons (Fsp3) is 0.476. The van der Waals surface area contributed by atoms with Crippen LogP contribution in [0.5, 0.6) is 0 Å². The molecule has 11 heteroatoms. The zero-order chi connectivity index (χ0) is 22.1. The summed E-state index contributed by atoms with van der Waals surface area (Å²) in [5.41, 5.74) is 2.01. The Morgan fingerprint density at radius 2 is 1.81 bits per heavy atom. The van der Waals surface area contributed by atoms with Gasteiger partial charge in [0.1, 0.15) is 22.6 Å². The minimum absolute atomic E-state index is 0.282. The van der Waals surface area contributed by atoms with Gasteiger partial charge in [0.25, 0.3) is 0 Å². The molecule has 2 aromatic heterocycles. The zero-order valence-corrected chi connectivity index (χ0v) is 20.0. The summed E-state index contributed by atoms with van der Waals surface area (Å²) in [6, 6.07) is 3.01. The number of anilines is 3. The maximum atomic E-state index is 14.4. The molecule has 2 aliphatic heterocycles. The van der Waals surface area contributed by atoms with Gasteiger partial charge in [-0.25, -0.2) is 14.4 Å². The van der Waals surface area contributed by atoms with Gasteiger partial charge in [0.2, 0.25) is 0 Å². The van der Waals surface area contributed by atoms with Crippen LogP contribution in [0.3, 0.4) is 0 Å². The van der Waals surface area contributed by atoms with Gasteiger partial charge in [0.05, 0.1) is 21.8 Å². The molecule has 0 spiro atoms. The molecule has 0 atom stereocenters. The highest BCUT2D eigenvalue weighted by Crippen LogP contribution is 2.36. The van der Waals surface area contributed by atoms with Crippen molar-refractivity contribution < 1.29 is 4.39 Å². The maximum absolute atomic E-state index is 14.4. The van der Waals surface area contributed by atoms with Gasteiger partial charge in [0.15, 0.2) is 5.65 Å². The zero-order valence-electron chi connectivity index (χ0n) is 17.6. The van der Waals surface area contributed by atoms with E-state index < -0.39 is 0 Å². The number of aromatic nitrogens is 4. The smallest absolute Gasteiger partial charge is 0.187 e. The number of hydrogen-bond donors (Lipinski definition) is 2. The van der Waals surface area contributed by atoms with E-state index in [0.717, 1.165) is 60.8 Å². The Bertz CT molecular complexity index is 1090. The Balaban J connectivity index is 1.27. The van der Waals surface area contributed by atoms with Crippen LogP contribution in [-0.2, 0) is 0 Å². The van der Waals surface area contributed by atoms with E-state index in [1.807, 2.05) is 0 Å². The van der Waals surface area contributed by atoms with Crippen LogP contribution >= 0.6 is 27.5 Å². The largest absolute Gasteiger partial charge is 0.382 e. The molecule has 2 fully saturated rings. The number of piperazine rings is 1. The highest BCUT2D eigenvalue weighted by molar-refractivity contribution is 9.10. The van der Waals surface area contributed by atoms with Crippen molar-refractivity contribution in [2.24, 2.45) is 0 Å². The van der Waals surface area contributed by atoms with Crippen molar-refractivity contribution in [1.82, 2.24) is 25.1 Å². The Morgan fingerprint density at radius 3 is 2.59 bits per heavy atom. The van der Waals surface area contributed by atoms with Gasteiger partial charge in [0, 0.05) is 39.3 Å². The molecule has 4 heterocycles. The number of rotatable bonds is 6. The van der Waals surface area contributed by atoms with Crippen LogP contribution in [-0.4, -0.2) is 77.4 Å². The highest BCUT2D eigenvalue weighted by atomic mass is 79.9. The first kappa shape index (κ1) is 21.7. The number of hydrogen-bond acceptors (Lipinski definition) is 7. The molecule has 5 rings (SSSR count). The van der Waals surface area contributed by atoms with Crippen LogP contribution in [0.15, 0.2) is 23.1 Å². The summed E-state index contributed by atoms with van der Waals surface area (Å²) >= 11 is 10.2. The van der Waals surface area contributed by atoms with E-state index in [4.69, 9.17) is 11.6 Å². The predicted molar refractivity (Wildman–Crippen MR) is 129 cm³/mol. The Hall–Kier alpha value is -2.17. The molecule has 0 bridgehead atoms. The van der Waals surface area contributed by atoms with E-state index in [0.29, 0.717) is 29.4 Å². The summed E-state index contributed by atoms with van der Waals surface area (Å²) in [6.45, 7) is 6.85. The second-order valence-corrected chi connectivity index (χ2v) is 9.34. The lowest BCUT2D eigenvalue weighted by molar-refractivity contribution is 0.352. The topological polar surface area (TPSA) is 76.2 Å². The van der Waals surface area contributed by atoms with Crippen molar-refractivity contribution in [3.05, 3.63) is 33.9 Å². The minimum atomic E-state index is -0.282. The first-order valence-electron chi connectivity index (χ1n) is 10.9. The van der Waals surface area contributed by atoms with Crippen molar-refractivity contribution in [3.63, 3.8) is 0 Å². The molecular weight excluding hydrogens is 499 g/mol. The molecule has 1 aromatic carbocycles. The lowest BCUT2D eigenvalue weighted by atomic mass is 10.2. The number of likely N-dealkylation sites (tertiary alicyclic amines) is 1. The predicted octanol–water partition coefficient (Wildman–Crippen LogP) is 3.74. The van der Waals surface area contributed by atoms with E-state index in [1.165, 1.54) is 31.3 Å². The van der Waals surface area contributed by atoms with Crippen molar-refractivity contribution in [1.29, 1.82) is 0 Å². The van der Waals surface area contributed by atoms with E-state index in [9.17, 15) is 4.39 Å². The van der Waals surface area contributed by atoms with E-state index in [1.54, 1.807) is 0 Å². The molecule has 0 aliphatic carbocycles. The SMILES string of the molecule is Fc1cc(NCCN2CCCC2)c(Cl)c(N2CCN(c3ncnc4n[nH]c(Br)c34)CC2)c1. The van der Waals surface area contributed by atoms with Crippen molar-refractivity contribution >= 4 is 55.8 Å². The number of halogens is 3. The molecule has 0 radical (unpaired) electrons. The molecule has 32 heavy (non-hydrogen) atoms. The Morgan fingerprint density at radius 1 is 1.06 bits per heavy atom. The summed E-state index contributed by atoms with van der Waals surface area (Å²) in [4.78, 5) is 15.4. The second-order valence-electron chi connectivity index (χ2n) is 8.17. The molecule has 170 valence electrons. The number of nitrogens with zero attached hydrogens (tertiary/aromatic N) is 6. The molecular formula is C21H25BrClFN8. The van der Waals surface area contributed by atoms with Crippen LogP contribution in [0.1, 0.15) is 12.8 Å². The van der Waals surface area contributed by atoms with Crippen molar-refractivity contribution in [3.8, 4) is 0 Å².